The first-order chi connectivity index (χ1) is 13.2. The smallest absolute Gasteiger partial charge is 0.191 e. The van der Waals surface area contributed by atoms with Gasteiger partial charge in [-0.3, -0.25) is 4.99 Å². The molecule has 3 rings (SSSR count). The van der Waals surface area contributed by atoms with Crippen LogP contribution in [0, 0.1) is 5.82 Å². The number of halogens is 1. The second-order valence-electron chi connectivity index (χ2n) is 6.83. The van der Waals surface area contributed by atoms with Gasteiger partial charge in [0.25, 0.3) is 0 Å². The van der Waals surface area contributed by atoms with Gasteiger partial charge < -0.3 is 15.5 Å². The van der Waals surface area contributed by atoms with Crippen molar-refractivity contribution < 1.29 is 4.39 Å². The third kappa shape index (κ3) is 5.94. The molecule has 0 radical (unpaired) electrons. The number of aryl methyl sites for hydroxylation is 1. The second kappa shape index (κ2) is 9.90. The number of hydrogen-bond donors (Lipinski definition) is 2. The molecule has 1 aliphatic rings. The minimum Gasteiger partial charge on any atom is -0.356 e. The Hall–Kier alpha value is -2.63. The lowest BCUT2D eigenvalue weighted by molar-refractivity contribution is 0.459. The van der Waals surface area contributed by atoms with Crippen molar-refractivity contribution in [1.82, 2.24) is 15.6 Å². The largest absolute Gasteiger partial charge is 0.356 e. The zero-order valence-corrected chi connectivity index (χ0v) is 15.9. The third-order valence-corrected chi connectivity index (χ3v) is 4.86. The summed E-state index contributed by atoms with van der Waals surface area (Å²) >= 11 is 0. The molecule has 2 N–H and O–H groups in total. The van der Waals surface area contributed by atoms with E-state index in [-0.39, 0.29) is 5.82 Å². The predicted molar refractivity (Wildman–Crippen MR) is 109 cm³/mol. The van der Waals surface area contributed by atoms with E-state index in [9.17, 15) is 4.39 Å². The number of hydrogen-bond acceptors (Lipinski definition) is 3. The average Bonchev–Trinajstić information content (AvgIpc) is 2.71. The number of piperidine rings is 1. The Morgan fingerprint density at radius 1 is 1.22 bits per heavy atom. The van der Waals surface area contributed by atoms with Gasteiger partial charge in [0.15, 0.2) is 5.96 Å². The highest BCUT2D eigenvalue weighted by atomic mass is 19.1. The summed E-state index contributed by atoms with van der Waals surface area (Å²) < 4.78 is 13.2. The number of aromatic nitrogens is 1. The fourth-order valence-electron chi connectivity index (χ4n) is 3.37. The highest BCUT2D eigenvalue weighted by Gasteiger charge is 2.20. The van der Waals surface area contributed by atoms with Crippen molar-refractivity contribution in [2.45, 2.75) is 31.7 Å². The van der Waals surface area contributed by atoms with E-state index >= 15 is 0 Å². The van der Waals surface area contributed by atoms with Crippen molar-refractivity contribution in [1.29, 1.82) is 0 Å². The van der Waals surface area contributed by atoms with Crippen LogP contribution in [0.1, 0.15) is 24.8 Å². The fourth-order valence-corrected chi connectivity index (χ4v) is 3.37. The molecule has 0 atom stereocenters. The van der Waals surface area contributed by atoms with Gasteiger partial charge in [-0.15, -0.1) is 0 Å². The van der Waals surface area contributed by atoms with Gasteiger partial charge in [0.1, 0.15) is 11.6 Å². The van der Waals surface area contributed by atoms with E-state index in [0.29, 0.717) is 6.04 Å². The molecule has 0 amide bonds. The summed E-state index contributed by atoms with van der Waals surface area (Å²) in [4.78, 5) is 11.1. The Morgan fingerprint density at radius 2 is 2.07 bits per heavy atom. The highest BCUT2D eigenvalue weighted by Crippen LogP contribution is 2.17. The number of aliphatic imine (C=N–C) groups is 1. The zero-order valence-electron chi connectivity index (χ0n) is 15.9. The molecule has 5 nitrogen and oxygen atoms in total. The van der Waals surface area contributed by atoms with Gasteiger partial charge in [-0.1, -0.05) is 18.2 Å². The van der Waals surface area contributed by atoms with Crippen molar-refractivity contribution in [3.63, 3.8) is 0 Å². The maximum Gasteiger partial charge on any atom is 0.191 e. The number of benzene rings is 1. The second-order valence-corrected chi connectivity index (χ2v) is 6.83. The maximum atomic E-state index is 13.2. The molecule has 1 fully saturated rings. The first-order valence-corrected chi connectivity index (χ1v) is 9.62. The van der Waals surface area contributed by atoms with Crippen LogP contribution in [0.3, 0.4) is 0 Å². The van der Waals surface area contributed by atoms with E-state index in [1.165, 1.54) is 6.07 Å². The summed E-state index contributed by atoms with van der Waals surface area (Å²) in [5.74, 6) is 1.72. The van der Waals surface area contributed by atoms with Crippen molar-refractivity contribution in [2.24, 2.45) is 4.99 Å². The van der Waals surface area contributed by atoms with Gasteiger partial charge in [0, 0.05) is 38.9 Å². The summed E-state index contributed by atoms with van der Waals surface area (Å²) in [5.41, 5.74) is 1.03. The van der Waals surface area contributed by atoms with Gasteiger partial charge in [-0.2, -0.15) is 0 Å². The molecule has 1 aliphatic heterocycles. The molecule has 0 aliphatic carbocycles. The number of nitrogens with one attached hydrogen (secondary N) is 2. The van der Waals surface area contributed by atoms with E-state index < -0.39 is 0 Å². The standard InChI is InChI=1S/C21H28FN5/c1-23-21(25-13-5-7-17-6-4-8-18(22)16-17)26-19-10-14-27(15-11-19)20-9-2-3-12-24-20/h2-4,6,8-9,12,16,19H,5,7,10-11,13-15H2,1H3,(H2,23,25,26). The topological polar surface area (TPSA) is 52.6 Å². The minimum absolute atomic E-state index is 0.171. The summed E-state index contributed by atoms with van der Waals surface area (Å²) in [7, 11) is 1.80. The fraction of sp³-hybridized carbons (Fsp3) is 0.429. The van der Waals surface area contributed by atoms with Crippen LogP contribution < -0.4 is 15.5 Å². The van der Waals surface area contributed by atoms with Crippen molar-refractivity contribution in [3.8, 4) is 0 Å². The molecule has 0 unspecified atom stereocenters. The van der Waals surface area contributed by atoms with E-state index in [1.54, 1.807) is 19.2 Å². The Kier molecular flexibility index (Phi) is 7.02. The third-order valence-electron chi connectivity index (χ3n) is 4.86. The molecule has 0 spiro atoms. The number of guanidine groups is 1. The van der Waals surface area contributed by atoms with E-state index in [1.807, 2.05) is 24.4 Å². The first kappa shape index (κ1) is 19.1. The molecule has 1 aromatic carbocycles. The maximum absolute atomic E-state index is 13.2. The van der Waals surface area contributed by atoms with Crippen LogP contribution >= 0.6 is 0 Å². The molecule has 1 aromatic heterocycles. The van der Waals surface area contributed by atoms with E-state index in [4.69, 9.17) is 0 Å². The number of pyridine rings is 1. The highest BCUT2D eigenvalue weighted by molar-refractivity contribution is 5.79. The SMILES string of the molecule is CN=C(NCCCc1cccc(F)c1)NC1CCN(c2ccccn2)CC1. The summed E-state index contributed by atoms with van der Waals surface area (Å²) in [6, 6.07) is 13.3. The molecule has 1 saturated heterocycles. The zero-order chi connectivity index (χ0) is 18.9. The quantitative estimate of drug-likeness (QED) is 0.467. The predicted octanol–water partition coefficient (Wildman–Crippen LogP) is 2.99. The van der Waals surface area contributed by atoms with Crippen LogP contribution in [0.5, 0.6) is 0 Å². The average molecular weight is 369 g/mol. The number of rotatable bonds is 6. The Balaban J connectivity index is 1.37. The van der Waals surface area contributed by atoms with Crippen LogP contribution in [0.4, 0.5) is 10.2 Å². The van der Waals surface area contributed by atoms with Gasteiger partial charge in [0.2, 0.25) is 0 Å². The summed E-state index contributed by atoms with van der Waals surface area (Å²) in [6.07, 6.45) is 5.74. The van der Waals surface area contributed by atoms with Gasteiger partial charge in [-0.05, 0) is 55.5 Å². The lowest BCUT2D eigenvalue weighted by Gasteiger charge is -2.33. The van der Waals surface area contributed by atoms with Crippen LogP contribution in [-0.2, 0) is 6.42 Å². The molecular weight excluding hydrogens is 341 g/mol. The monoisotopic (exact) mass is 369 g/mol. The van der Waals surface area contributed by atoms with E-state index in [0.717, 1.165) is 62.7 Å². The molecule has 6 heteroatoms. The molecule has 144 valence electrons. The lowest BCUT2D eigenvalue weighted by atomic mass is 10.1. The molecule has 0 saturated carbocycles. The van der Waals surface area contributed by atoms with Crippen LogP contribution in [0.15, 0.2) is 53.7 Å². The molecule has 2 heterocycles. The van der Waals surface area contributed by atoms with Crippen molar-refractivity contribution in [2.75, 3.05) is 31.6 Å². The summed E-state index contributed by atoms with van der Waals surface area (Å²) in [5, 5.41) is 6.88. The van der Waals surface area contributed by atoms with Crippen LogP contribution in [0.2, 0.25) is 0 Å². The Morgan fingerprint density at radius 3 is 2.78 bits per heavy atom. The first-order valence-electron chi connectivity index (χ1n) is 9.62. The van der Waals surface area contributed by atoms with Gasteiger partial charge >= 0.3 is 0 Å². The normalized spacial score (nSPS) is 15.6. The van der Waals surface area contributed by atoms with E-state index in [2.05, 4.69) is 31.6 Å². The van der Waals surface area contributed by atoms with Crippen LogP contribution in [-0.4, -0.2) is 43.7 Å². The molecular formula is C21H28FN5. The van der Waals surface area contributed by atoms with Crippen LogP contribution in [0.25, 0.3) is 0 Å². The minimum atomic E-state index is -0.171. The van der Waals surface area contributed by atoms with Gasteiger partial charge in [0.05, 0.1) is 0 Å². The van der Waals surface area contributed by atoms with Crippen molar-refractivity contribution >= 4 is 11.8 Å². The van der Waals surface area contributed by atoms with Gasteiger partial charge in [-0.25, -0.2) is 9.37 Å². The Bertz CT molecular complexity index is 726. The summed E-state index contributed by atoms with van der Waals surface area (Å²) in [6.45, 7) is 2.79. The molecule has 0 bridgehead atoms. The lowest BCUT2D eigenvalue weighted by Crippen LogP contribution is -2.49. The number of nitrogens with zero attached hydrogens (tertiary/aromatic N) is 3. The number of anilines is 1. The van der Waals surface area contributed by atoms with Crippen molar-refractivity contribution in [3.05, 3.63) is 60.0 Å². The Labute approximate surface area is 160 Å². The molecule has 27 heavy (non-hydrogen) atoms. The molecule has 2 aromatic rings.